The number of pyridine rings is 1. The van der Waals surface area contributed by atoms with Gasteiger partial charge in [-0.2, -0.15) is 0 Å². The highest BCUT2D eigenvalue weighted by atomic mass is 32.2. The van der Waals surface area contributed by atoms with E-state index in [1.807, 2.05) is 12.1 Å². The molecule has 1 saturated heterocycles. The van der Waals surface area contributed by atoms with Crippen LogP contribution in [0, 0.1) is 0 Å². The highest BCUT2D eigenvalue weighted by Gasteiger charge is 2.30. The third-order valence-corrected chi connectivity index (χ3v) is 3.77. The number of nitrogens with two attached hydrogens (primary N) is 1. The highest BCUT2D eigenvalue weighted by molar-refractivity contribution is 7.99. The first-order valence-corrected chi connectivity index (χ1v) is 6.47. The van der Waals surface area contributed by atoms with Gasteiger partial charge in [0.2, 0.25) is 0 Å². The molecule has 0 saturated carbocycles. The Kier molecular flexibility index (Phi) is 4.36. The minimum Gasteiger partial charge on any atom is -0.364 e. The molecule has 1 aromatic rings. The van der Waals surface area contributed by atoms with Crippen molar-refractivity contribution in [2.45, 2.75) is 29.9 Å². The average molecular weight is 253 g/mol. The normalized spacial score (nSPS) is 23.6. The SMILES string of the molecule is NNC(=O)C1CCC(CSc2ccncc2)O1. The Morgan fingerprint density at radius 1 is 1.53 bits per heavy atom. The zero-order valence-corrected chi connectivity index (χ0v) is 10.2. The van der Waals surface area contributed by atoms with Crippen molar-refractivity contribution in [3.63, 3.8) is 0 Å². The van der Waals surface area contributed by atoms with Gasteiger partial charge in [0.05, 0.1) is 6.10 Å². The van der Waals surface area contributed by atoms with Crippen LogP contribution in [0.15, 0.2) is 29.4 Å². The van der Waals surface area contributed by atoms with Gasteiger partial charge in [0.15, 0.2) is 0 Å². The third-order valence-electron chi connectivity index (χ3n) is 2.63. The van der Waals surface area contributed by atoms with Gasteiger partial charge in [0, 0.05) is 23.0 Å². The van der Waals surface area contributed by atoms with Gasteiger partial charge >= 0.3 is 0 Å². The number of thioether (sulfide) groups is 1. The number of nitrogens with one attached hydrogen (secondary N) is 1. The molecular weight excluding hydrogens is 238 g/mol. The summed E-state index contributed by atoms with van der Waals surface area (Å²) in [7, 11) is 0. The van der Waals surface area contributed by atoms with Crippen molar-refractivity contribution in [2.24, 2.45) is 5.84 Å². The average Bonchev–Trinajstić information content (AvgIpc) is 2.85. The van der Waals surface area contributed by atoms with Crippen molar-refractivity contribution in [3.05, 3.63) is 24.5 Å². The summed E-state index contributed by atoms with van der Waals surface area (Å²) in [6, 6.07) is 3.92. The van der Waals surface area contributed by atoms with Gasteiger partial charge in [-0.1, -0.05) is 0 Å². The summed E-state index contributed by atoms with van der Waals surface area (Å²) in [6.45, 7) is 0. The summed E-state index contributed by atoms with van der Waals surface area (Å²) in [5.74, 6) is 5.68. The number of rotatable bonds is 4. The van der Waals surface area contributed by atoms with Gasteiger partial charge in [-0.25, -0.2) is 5.84 Å². The summed E-state index contributed by atoms with van der Waals surface area (Å²) in [4.78, 5) is 16.4. The van der Waals surface area contributed by atoms with Crippen molar-refractivity contribution >= 4 is 17.7 Å². The number of hydrazine groups is 1. The van der Waals surface area contributed by atoms with E-state index in [4.69, 9.17) is 10.6 Å². The first-order valence-electron chi connectivity index (χ1n) is 5.48. The molecule has 2 heterocycles. The van der Waals surface area contributed by atoms with Crippen LogP contribution >= 0.6 is 11.8 Å². The van der Waals surface area contributed by atoms with Crippen molar-refractivity contribution in [1.82, 2.24) is 10.4 Å². The molecule has 1 fully saturated rings. The first kappa shape index (κ1) is 12.3. The van der Waals surface area contributed by atoms with Crippen LogP contribution in [0.25, 0.3) is 0 Å². The predicted octanol–water partition coefficient (Wildman–Crippen LogP) is 0.711. The van der Waals surface area contributed by atoms with Gasteiger partial charge in [-0.15, -0.1) is 11.8 Å². The van der Waals surface area contributed by atoms with Crippen LogP contribution in [0.2, 0.25) is 0 Å². The van der Waals surface area contributed by atoms with Crippen molar-refractivity contribution in [2.75, 3.05) is 5.75 Å². The number of hydrogen-bond donors (Lipinski definition) is 2. The fourth-order valence-corrected chi connectivity index (χ4v) is 2.68. The third kappa shape index (κ3) is 3.42. The van der Waals surface area contributed by atoms with Crippen LogP contribution in [-0.2, 0) is 9.53 Å². The van der Waals surface area contributed by atoms with E-state index in [-0.39, 0.29) is 18.1 Å². The van der Waals surface area contributed by atoms with Crippen LogP contribution < -0.4 is 11.3 Å². The maximum Gasteiger partial charge on any atom is 0.263 e. The first-order chi connectivity index (χ1) is 8.29. The second-order valence-electron chi connectivity index (χ2n) is 3.83. The molecule has 0 bridgehead atoms. The molecule has 1 aromatic heterocycles. The Bertz CT molecular complexity index is 374. The summed E-state index contributed by atoms with van der Waals surface area (Å²) in [5.41, 5.74) is 2.12. The largest absolute Gasteiger partial charge is 0.364 e. The zero-order valence-electron chi connectivity index (χ0n) is 9.33. The van der Waals surface area contributed by atoms with E-state index < -0.39 is 0 Å². The Balaban J connectivity index is 1.77. The molecule has 6 heteroatoms. The van der Waals surface area contributed by atoms with Crippen molar-refractivity contribution in [1.29, 1.82) is 0 Å². The number of carbonyl (C=O) groups excluding carboxylic acids is 1. The van der Waals surface area contributed by atoms with Crippen LogP contribution in [0.4, 0.5) is 0 Å². The second-order valence-corrected chi connectivity index (χ2v) is 4.92. The number of hydrogen-bond acceptors (Lipinski definition) is 5. The molecule has 5 nitrogen and oxygen atoms in total. The monoisotopic (exact) mass is 253 g/mol. The number of amides is 1. The lowest BCUT2D eigenvalue weighted by Crippen LogP contribution is -2.39. The summed E-state index contributed by atoms with van der Waals surface area (Å²) >= 11 is 1.71. The van der Waals surface area contributed by atoms with E-state index in [2.05, 4.69) is 10.4 Å². The number of aromatic nitrogens is 1. The molecule has 2 atom stereocenters. The van der Waals surface area contributed by atoms with Crippen molar-refractivity contribution < 1.29 is 9.53 Å². The van der Waals surface area contributed by atoms with E-state index >= 15 is 0 Å². The lowest BCUT2D eigenvalue weighted by Gasteiger charge is -2.12. The van der Waals surface area contributed by atoms with E-state index in [0.29, 0.717) is 0 Å². The standard InChI is InChI=1S/C11H15N3O2S/c12-14-11(15)10-2-1-8(16-10)7-17-9-3-5-13-6-4-9/h3-6,8,10H,1-2,7,12H2,(H,14,15). The molecule has 3 N–H and O–H groups in total. The number of nitrogens with zero attached hydrogens (tertiary/aromatic N) is 1. The Morgan fingerprint density at radius 3 is 3.00 bits per heavy atom. The molecule has 17 heavy (non-hydrogen) atoms. The van der Waals surface area contributed by atoms with Gasteiger partial charge in [0.1, 0.15) is 6.10 Å². The number of carbonyl (C=O) groups is 1. The lowest BCUT2D eigenvalue weighted by molar-refractivity contribution is -0.131. The second kappa shape index (κ2) is 6.00. The van der Waals surface area contributed by atoms with Crippen LogP contribution in [-0.4, -0.2) is 28.9 Å². The molecule has 2 unspecified atom stereocenters. The molecule has 2 rings (SSSR count). The molecule has 0 aromatic carbocycles. The summed E-state index contributed by atoms with van der Waals surface area (Å²) in [5, 5.41) is 0. The van der Waals surface area contributed by atoms with E-state index in [1.165, 1.54) is 0 Å². The minimum atomic E-state index is -0.386. The fourth-order valence-electron chi connectivity index (χ4n) is 1.74. The quantitative estimate of drug-likeness (QED) is 0.358. The van der Waals surface area contributed by atoms with Gasteiger partial charge in [0.25, 0.3) is 5.91 Å². The Morgan fingerprint density at radius 2 is 2.29 bits per heavy atom. The highest BCUT2D eigenvalue weighted by Crippen LogP contribution is 2.26. The molecule has 0 spiro atoms. The Labute approximate surface area is 104 Å². The molecule has 92 valence electrons. The smallest absolute Gasteiger partial charge is 0.263 e. The molecular formula is C11H15N3O2S. The maximum absolute atomic E-state index is 11.3. The van der Waals surface area contributed by atoms with Gasteiger partial charge in [-0.05, 0) is 25.0 Å². The number of ether oxygens (including phenoxy) is 1. The lowest BCUT2D eigenvalue weighted by atomic mass is 10.2. The molecule has 1 aliphatic heterocycles. The molecule has 0 aliphatic carbocycles. The fraction of sp³-hybridized carbons (Fsp3) is 0.455. The van der Waals surface area contributed by atoms with Gasteiger partial charge < -0.3 is 4.74 Å². The van der Waals surface area contributed by atoms with Crippen molar-refractivity contribution in [3.8, 4) is 0 Å². The predicted molar refractivity (Wildman–Crippen MR) is 65.2 cm³/mol. The van der Waals surface area contributed by atoms with Crippen LogP contribution in [0.1, 0.15) is 12.8 Å². The molecule has 1 amide bonds. The van der Waals surface area contributed by atoms with Gasteiger partial charge in [-0.3, -0.25) is 15.2 Å². The summed E-state index contributed by atoms with van der Waals surface area (Å²) < 4.78 is 5.61. The maximum atomic E-state index is 11.3. The zero-order chi connectivity index (χ0) is 12.1. The topological polar surface area (TPSA) is 77.2 Å². The Hall–Kier alpha value is -1.11. The summed E-state index contributed by atoms with van der Waals surface area (Å²) in [6.07, 6.45) is 4.91. The van der Waals surface area contributed by atoms with E-state index in [1.54, 1.807) is 24.2 Å². The molecule has 1 aliphatic rings. The van der Waals surface area contributed by atoms with E-state index in [9.17, 15) is 4.79 Å². The minimum absolute atomic E-state index is 0.121. The van der Waals surface area contributed by atoms with E-state index in [0.717, 1.165) is 23.5 Å². The molecule has 0 radical (unpaired) electrons. The van der Waals surface area contributed by atoms with Crippen LogP contribution in [0.5, 0.6) is 0 Å². The van der Waals surface area contributed by atoms with Crippen LogP contribution in [0.3, 0.4) is 0 Å².